The fourth-order valence-electron chi connectivity index (χ4n) is 12.3. The molecule has 0 aliphatic heterocycles. The number of unbranched alkanes of at least 4 members (excludes halogenated alkanes) is 38. The lowest BCUT2D eigenvalue weighted by Gasteiger charge is -2.21. The maximum atomic E-state index is 13.0. The number of carbonyl (C=O) groups excluding carboxylic acids is 3. The quantitative estimate of drug-likeness (QED) is 0.0146. The van der Waals surface area contributed by atoms with E-state index < -0.39 is 91.5 Å². The summed E-state index contributed by atoms with van der Waals surface area (Å²) in [6.45, 7) is 2.49. The third kappa shape index (κ3) is 88.1. The zero-order chi connectivity index (χ0) is 82.2. The zero-order valence-electron chi connectivity index (χ0n) is 71.5. The highest BCUT2D eigenvalue weighted by Crippen LogP contribution is 2.45. The molecule has 0 aliphatic rings. The number of rotatable bonds is 85. The van der Waals surface area contributed by atoms with Crippen LogP contribution in [0.3, 0.4) is 0 Å². The van der Waals surface area contributed by atoms with Gasteiger partial charge in [-0.05, 0) is 122 Å². The van der Waals surface area contributed by atoms with E-state index in [2.05, 4.69) is 167 Å². The smallest absolute Gasteiger partial charge is 0.463 e. The van der Waals surface area contributed by atoms with Gasteiger partial charge in [-0.25, -0.2) is 9.13 Å². The molecular formula is C95H164O16P2. The number of phosphoric ester groups is 2. The average molecular weight is 1620 g/mol. The Kier molecular flexibility index (Phi) is 83.3. The molecule has 0 heterocycles. The van der Waals surface area contributed by atoms with Crippen LogP contribution in [0.25, 0.3) is 0 Å². The number of carbonyl (C=O) groups is 3. The molecule has 0 aromatic heterocycles. The predicted molar refractivity (Wildman–Crippen MR) is 473 cm³/mol. The highest BCUT2D eigenvalue weighted by molar-refractivity contribution is 7.47. The van der Waals surface area contributed by atoms with E-state index in [1.54, 1.807) is 0 Å². The molecular weight excluding hydrogens is 1460 g/mol. The van der Waals surface area contributed by atoms with Gasteiger partial charge in [-0.1, -0.05) is 385 Å². The van der Waals surface area contributed by atoms with Gasteiger partial charge in [0.15, 0.2) is 6.10 Å². The molecule has 0 aromatic rings. The van der Waals surface area contributed by atoms with E-state index in [9.17, 15) is 43.5 Å². The first kappa shape index (κ1) is 108. The van der Waals surface area contributed by atoms with E-state index in [4.69, 9.17) is 32.3 Å². The molecule has 0 radical (unpaired) electrons. The van der Waals surface area contributed by atoms with Gasteiger partial charge in [0.05, 0.1) is 26.4 Å². The summed E-state index contributed by atoms with van der Waals surface area (Å²) < 4.78 is 61.3. The zero-order valence-corrected chi connectivity index (χ0v) is 73.3. The summed E-state index contributed by atoms with van der Waals surface area (Å²) in [4.78, 5) is 58.8. The Bertz CT molecular complexity index is 2630. The maximum Gasteiger partial charge on any atom is 0.472 e. The van der Waals surface area contributed by atoms with Crippen molar-refractivity contribution in [1.29, 1.82) is 0 Å². The minimum atomic E-state index is -4.93. The number of ether oxygens (including phenoxy) is 3. The van der Waals surface area contributed by atoms with Crippen molar-refractivity contribution in [1.82, 2.24) is 0 Å². The third-order valence-corrected chi connectivity index (χ3v) is 21.0. The Morgan fingerprint density at radius 2 is 0.469 bits per heavy atom. The highest BCUT2D eigenvalue weighted by Gasteiger charge is 2.29. The SMILES string of the molecule is CC/C=C\C/C=C\C/C=C\C/C=C\C/C=C\C/C=C\CCCCCCCCCCCCCCCCC(=O)OCC(O)COP(=O)(O)OCC(O)COP(=O)(O)OCC(COC(=O)CCCCCCCCCCCCCCCC/C=C\C/C=C\C/C=C\C/C=C\C/C=C\C/C=C\CC)OC(=O)CCCCCCCCCCCCC. The first-order valence-electron chi connectivity index (χ1n) is 45.1. The summed E-state index contributed by atoms with van der Waals surface area (Å²) in [7, 11) is -9.79. The molecule has 0 saturated carbocycles. The molecule has 113 heavy (non-hydrogen) atoms. The number of aliphatic hydroxyl groups is 2. The van der Waals surface area contributed by atoms with Crippen LogP contribution in [0.15, 0.2) is 146 Å². The molecule has 0 spiro atoms. The average Bonchev–Trinajstić information content (AvgIpc) is 0.902. The molecule has 0 saturated heterocycles. The number of aliphatic hydroxyl groups excluding tert-OH is 2. The van der Waals surface area contributed by atoms with Crippen molar-refractivity contribution >= 4 is 33.6 Å². The fraction of sp³-hybridized carbons (Fsp3) is 0.716. The molecule has 5 unspecified atom stereocenters. The third-order valence-electron chi connectivity index (χ3n) is 19.1. The summed E-state index contributed by atoms with van der Waals surface area (Å²) >= 11 is 0. The van der Waals surface area contributed by atoms with E-state index in [1.807, 2.05) is 0 Å². The Morgan fingerprint density at radius 1 is 0.257 bits per heavy atom. The number of allylic oxidation sites excluding steroid dienone is 24. The van der Waals surface area contributed by atoms with E-state index in [1.165, 1.54) is 167 Å². The molecule has 0 fully saturated rings. The van der Waals surface area contributed by atoms with Gasteiger partial charge in [0.25, 0.3) is 0 Å². The van der Waals surface area contributed by atoms with Crippen molar-refractivity contribution in [2.45, 2.75) is 399 Å². The molecule has 16 nitrogen and oxygen atoms in total. The molecule has 0 aromatic carbocycles. The van der Waals surface area contributed by atoms with E-state index >= 15 is 0 Å². The molecule has 650 valence electrons. The Labute approximate surface area is 689 Å². The van der Waals surface area contributed by atoms with Crippen LogP contribution in [0.4, 0.5) is 0 Å². The maximum absolute atomic E-state index is 13.0. The van der Waals surface area contributed by atoms with Crippen LogP contribution in [-0.4, -0.2) is 95.9 Å². The largest absolute Gasteiger partial charge is 0.472 e. The van der Waals surface area contributed by atoms with Gasteiger partial charge in [0, 0.05) is 19.3 Å². The van der Waals surface area contributed by atoms with Gasteiger partial charge >= 0.3 is 33.6 Å². The molecule has 0 rings (SSSR count). The van der Waals surface area contributed by atoms with E-state index in [0.717, 1.165) is 154 Å². The molecule has 5 atom stereocenters. The summed E-state index contributed by atoms with van der Waals surface area (Å²) in [6, 6.07) is 0. The minimum Gasteiger partial charge on any atom is -0.463 e. The summed E-state index contributed by atoms with van der Waals surface area (Å²) in [5, 5.41) is 20.7. The van der Waals surface area contributed by atoms with Crippen molar-refractivity contribution in [2.24, 2.45) is 0 Å². The van der Waals surface area contributed by atoms with Gasteiger partial charge in [0.2, 0.25) is 0 Å². The van der Waals surface area contributed by atoms with Crippen LogP contribution in [-0.2, 0) is 55.8 Å². The van der Waals surface area contributed by atoms with Gasteiger partial charge in [-0.3, -0.25) is 32.5 Å². The van der Waals surface area contributed by atoms with Crippen LogP contribution in [0.5, 0.6) is 0 Å². The molecule has 4 N–H and O–H groups in total. The Morgan fingerprint density at radius 3 is 0.743 bits per heavy atom. The van der Waals surface area contributed by atoms with Crippen molar-refractivity contribution < 1.29 is 75.8 Å². The Balaban J connectivity index is 4.35. The monoisotopic (exact) mass is 1620 g/mol. The second-order valence-electron chi connectivity index (χ2n) is 30.0. The van der Waals surface area contributed by atoms with Gasteiger partial charge < -0.3 is 34.2 Å². The van der Waals surface area contributed by atoms with Crippen LogP contribution in [0.2, 0.25) is 0 Å². The van der Waals surface area contributed by atoms with Gasteiger partial charge in [-0.2, -0.15) is 0 Å². The lowest BCUT2D eigenvalue weighted by atomic mass is 10.0. The number of hydrogen-bond acceptors (Lipinski definition) is 14. The minimum absolute atomic E-state index is 0.107. The summed E-state index contributed by atoms with van der Waals surface area (Å²) in [5.74, 6) is -1.56. The number of esters is 3. The standard InChI is InChI=1S/C95H164O16P2/c1-4-7-10-13-16-19-22-24-26-28-30-32-34-36-38-40-42-44-46-48-50-52-54-56-58-60-62-64-67-69-72-75-78-81-93(98)105-84-90(96)85-107-112(101,102)108-86-91(97)87-109-113(103,104)110-89-92(111-95(100)83-80-77-74-71-66-21-18-15-12-9-6-3)88-106-94(99)82-79-76-73-70-68-65-63-61-59-57-55-53-51-49-47-45-43-41-39-37-35-33-31-29-27-25-23-20-17-14-11-8-5-2/h7-8,10-11,16-17,19-20,24-27,30-33,36-39,42-45,90-92,96-97H,4-6,9,12-15,18,21-23,28-29,34-35,40-41,46-89H2,1-3H3,(H,101,102)(H,103,104)/b10-7-,11-8-,19-16-,20-17-,26-24-,27-25-,32-30-,33-31-,38-36-,39-37-,44-42-,45-43-. The van der Waals surface area contributed by atoms with Gasteiger partial charge in [0.1, 0.15) is 25.4 Å². The van der Waals surface area contributed by atoms with Crippen molar-refractivity contribution in [3.05, 3.63) is 146 Å². The van der Waals surface area contributed by atoms with Gasteiger partial charge in [-0.15, -0.1) is 0 Å². The Hall–Kier alpha value is -4.57. The summed E-state index contributed by atoms with van der Waals surface area (Å²) in [5.41, 5.74) is 0. The van der Waals surface area contributed by atoms with Crippen LogP contribution < -0.4 is 0 Å². The molecule has 0 amide bonds. The van der Waals surface area contributed by atoms with Crippen LogP contribution in [0, 0.1) is 0 Å². The second-order valence-corrected chi connectivity index (χ2v) is 32.9. The second kappa shape index (κ2) is 86.8. The number of hydrogen-bond donors (Lipinski definition) is 4. The van der Waals surface area contributed by atoms with E-state index in [-0.39, 0.29) is 19.3 Å². The molecule has 0 aliphatic carbocycles. The first-order valence-corrected chi connectivity index (χ1v) is 48.1. The van der Waals surface area contributed by atoms with E-state index in [0.29, 0.717) is 19.3 Å². The van der Waals surface area contributed by atoms with Crippen LogP contribution >= 0.6 is 15.6 Å². The number of phosphoric acid groups is 2. The first-order chi connectivity index (χ1) is 55.2. The molecule has 0 bridgehead atoms. The normalized spacial score (nSPS) is 14.5. The highest BCUT2D eigenvalue weighted by atomic mass is 31.2. The van der Waals surface area contributed by atoms with Crippen molar-refractivity contribution in [2.75, 3.05) is 39.6 Å². The lowest BCUT2D eigenvalue weighted by Crippen LogP contribution is -2.30. The topological polar surface area (TPSA) is 231 Å². The van der Waals surface area contributed by atoms with Crippen molar-refractivity contribution in [3.8, 4) is 0 Å². The molecule has 18 heteroatoms. The fourth-order valence-corrected chi connectivity index (χ4v) is 13.9. The lowest BCUT2D eigenvalue weighted by molar-refractivity contribution is -0.161. The van der Waals surface area contributed by atoms with Crippen molar-refractivity contribution in [3.63, 3.8) is 0 Å². The summed E-state index contributed by atoms with van der Waals surface area (Å²) in [6.07, 6.45) is 109. The predicted octanol–water partition coefficient (Wildman–Crippen LogP) is 27.6. The van der Waals surface area contributed by atoms with Crippen LogP contribution in [0.1, 0.15) is 380 Å².